The van der Waals surface area contributed by atoms with Gasteiger partial charge in [-0.15, -0.1) is 0 Å². The normalized spacial score (nSPS) is 12.2. The van der Waals surface area contributed by atoms with Gasteiger partial charge in [0.25, 0.3) is 5.91 Å². The van der Waals surface area contributed by atoms with Crippen molar-refractivity contribution >= 4 is 21.8 Å². The van der Waals surface area contributed by atoms with Crippen molar-refractivity contribution in [2.75, 3.05) is 0 Å². The molecule has 1 atom stereocenters. The first-order valence-corrected chi connectivity index (χ1v) is 9.65. The molecule has 0 spiro atoms. The zero-order valence-corrected chi connectivity index (χ0v) is 17.8. The smallest absolute Gasteiger partial charge is 0.251 e. The molecule has 0 bridgehead atoms. The highest BCUT2D eigenvalue weighted by molar-refractivity contribution is 9.10. The van der Waals surface area contributed by atoms with Crippen molar-refractivity contribution in [1.82, 2.24) is 24.9 Å². The third-order valence-corrected chi connectivity index (χ3v) is 5.83. The summed E-state index contributed by atoms with van der Waals surface area (Å²) in [6.45, 7) is 8.54. The Morgan fingerprint density at radius 3 is 2.56 bits per heavy atom. The highest BCUT2D eigenvalue weighted by Gasteiger charge is 2.16. The lowest BCUT2D eigenvalue weighted by atomic mass is 10.1. The van der Waals surface area contributed by atoms with Crippen LogP contribution in [0.3, 0.4) is 0 Å². The molecule has 2 heterocycles. The summed E-state index contributed by atoms with van der Waals surface area (Å²) in [5.74, 6) is -0.0952. The first-order valence-electron chi connectivity index (χ1n) is 8.85. The zero-order chi connectivity index (χ0) is 19.7. The van der Waals surface area contributed by atoms with Crippen LogP contribution in [0, 0.1) is 20.8 Å². The number of halogens is 1. The first kappa shape index (κ1) is 19.4. The number of hydrogen-bond donors (Lipinski definition) is 1. The molecule has 1 aromatic carbocycles. The van der Waals surface area contributed by atoms with Crippen molar-refractivity contribution in [2.45, 2.75) is 40.3 Å². The number of carbonyl (C=O) groups excluding carboxylic acids is 1. The van der Waals surface area contributed by atoms with Crippen LogP contribution in [0.4, 0.5) is 0 Å². The Hall–Kier alpha value is -2.41. The standard InChI is InChI=1S/C20H24BrN5O/c1-12(18-11-25(5)23-13(18)2)22-20(27)17-8-6-7-16(9-17)10-26-15(4)19(21)14(3)24-26/h6-9,11-12H,10H2,1-5H3,(H,22,27). The molecule has 0 aliphatic heterocycles. The van der Waals surface area contributed by atoms with Gasteiger partial charge < -0.3 is 5.32 Å². The Morgan fingerprint density at radius 1 is 1.22 bits per heavy atom. The van der Waals surface area contributed by atoms with Gasteiger partial charge >= 0.3 is 0 Å². The van der Waals surface area contributed by atoms with Crippen LogP contribution in [0.2, 0.25) is 0 Å². The Labute approximate surface area is 167 Å². The Kier molecular flexibility index (Phi) is 5.51. The Bertz CT molecular complexity index is 988. The van der Waals surface area contributed by atoms with E-state index in [-0.39, 0.29) is 11.9 Å². The minimum Gasteiger partial charge on any atom is -0.345 e. The number of hydrogen-bond acceptors (Lipinski definition) is 3. The van der Waals surface area contributed by atoms with Crippen molar-refractivity contribution in [1.29, 1.82) is 0 Å². The van der Waals surface area contributed by atoms with Crippen molar-refractivity contribution in [2.24, 2.45) is 7.05 Å². The molecule has 0 saturated heterocycles. The molecule has 6 nitrogen and oxygen atoms in total. The molecular weight excluding hydrogens is 406 g/mol. The fraction of sp³-hybridized carbons (Fsp3) is 0.350. The van der Waals surface area contributed by atoms with E-state index in [1.807, 2.05) is 69.9 Å². The van der Waals surface area contributed by atoms with Crippen LogP contribution in [0.25, 0.3) is 0 Å². The molecule has 0 saturated carbocycles. The maximum Gasteiger partial charge on any atom is 0.251 e. The molecule has 3 rings (SSSR count). The van der Waals surface area contributed by atoms with Crippen molar-refractivity contribution in [3.05, 3.63) is 68.7 Å². The summed E-state index contributed by atoms with van der Waals surface area (Å²) < 4.78 is 4.73. The summed E-state index contributed by atoms with van der Waals surface area (Å²) in [6.07, 6.45) is 1.94. The van der Waals surface area contributed by atoms with Gasteiger partial charge in [0.15, 0.2) is 0 Å². The molecule has 0 radical (unpaired) electrons. The predicted octanol–water partition coefficient (Wildman–Crippen LogP) is 3.84. The predicted molar refractivity (Wildman–Crippen MR) is 109 cm³/mol. The monoisotopic (exact) mass is 429 g/mol. The minimum atomic E-state index is -0.109. The first-order chi connectivity index (χ1) is 12.8. The van der Waals surface area contributed by atoms with E-state index in [0.717, 1.165) is 32.7 Å². The second kappa shape index (κ2) is 7.68. The van der Waals surface area contributed by atoms with E-state index in [1.54, 1.807) is 4.68 Å². The maximum atomic E-state index is 12.7. The summed E-state index contributed by atoms with van der Waals surface area (Å²) in [6, 6.07) is 7.56. The third kappa shape index (κ3) is 4.13. The lowest BCUT2D eigenvalue weighted by Crippen LogP contribution is -2.27. The van der Waals surface area contributed by atoms with E-state index in [4.69, 9.17) is 0 Å². The number of aromatic nitrogens is 4. The number of carbonyl (C=O) groups is 1. The summed E-state index contributed by atoms with van der Waals surface area (Å²) in [7, 11) is 1.88. The molecule has 7 heteroatoms. The number of rotatable bonds is 5. The van der Waals surface area contributed by atoms with Crippen molar-refractivity contribution in [3.63, 3.8) is 0 Å². The van der Waals surface area contributed by atoms with E-state index >= 15 is 0 Å². The Balaban J connectivity index is 1.75. The third-order valence-electron chi connectivity index (χ3n) is 4.68. The molecule has 27 heavy (non-hydrogen) atoms. The van der Waals surface area contributed by atoms with Crippen LogP contribution in [-0.4, -0.2) is 25.5 Å². The highest BCUT2D eigenvalue weighted by Crippen LogP contribution is 2.21. The molecule has 2 aromatic heterocycles. The van der Waals surface area contributed by atoms with Gasteiger partial charge in [0, 0.05) is 24.4 Å². The molecule has 0 aliphatic rings. The number of benzene rings is 1. The van der Waals surface area contributed by atoms with Gasteiger partial charge in [-0.1, -0.05) is 12.1 Å². The largest absolute Gasteiger partial charge is 0.345 e. The SMILES string of the molecule is Cc1nn(C)cc1C(C)NC(=O)c1cccc(Cn2nc(C)c(Br)c2C)c1. The summed E-state index contributed by atoms with van der Waals surface area (Å²) in [5.41, 5.74) is 5.65. The fourth-order valence-electron chi connectivity index (χ4n) is 3.21. The Morgan fingerprint density at radius 2 is 1.96 bits per heavy atom. The van der Waals surface area contributed by atoms with Crippen LogP contribution in [0.5, 0.6) is 0 Å². The number of amides is 1. The van der Waals surface area contributed by atoms with Crippen molar-refractivity contribution in [3.8, 4) is 0 Å². The van der Waals surface area contributed by atoms with Gasteiger partial charge in [0.05, 0.1) is 34.1 Å². The minimum absolute atomic E-state index is 0.0952. The molecule has 0 aliphatic carbocycles. The highest BCUT2D eigenvalue weighted by atomic mass is 79.9. The number of nitrogens with one attached hydrogen (secondary N) is 1. The molecule has 1 N–H and O–H groups in total. The summed E-state index contributed by atoms with van der Waals surface area (Å²) in [5, 5.41) is 11.9. The van der Waals surface area contributed by atoms with Gasteiger partial charge in [-0.2, -0.15) is 10.2 Å². The van der Waals surface area contributed by atoms with Crippen LogP contribution in [-0.2, 0) is 13.6 Å². The van der Waals surface area contributed by atoms with Crippen LogP contribution in [0.1, 0.15) is 51.5 Å². The van der Waals surface area contributed by atoms with E-state index in [0.29, 0.717) is 12.1 Å². The topological polar surface area (TPSA) is 64.7 Å². The number of aryl methyl sites for hydroxylation is 3. The van der Waals surface area contributed by atoms with Crippen LogP contribution >= 0.6 is 15.9 Å². The van der Waals surface area contributed by atoms with E-state index < -0.39 is 0 Å². The molecule has 1 amide bonds. The zero-order valence-electron chi connectivity index (χ0n) is 16.2. The molecule has 142 valence electrons. The average Bonchev–Trinajstić information content (AvgIpc) is 3.08. The molecular formula is C20H24BrN5O. The van der Waals surface area contributed by atoms with Crippen molar-refractivity contribution < 1.29 is 4.79 Å². The van der Waals surface area contributed by atoms with Gasteiger partial charge in [-0.05, 0) is 61.3 Å². The van der Waals surface area contributed by atoms with Gasteiger partial charge in [0.2, 0.25) is 0 Å². The maximum absolute atomic E-state index is 12.7. The van der Waals surface area contributed by atoms with E-state index in [9.17, 15) is 4.79 Å². The fourth-order valence-corrected chi connectivity index (χ4v) is 3.50. The van der Waals surface area contributed by atoms with Crippen LogP contribution < -0.4 is 5.32 Å². The summed E-state index contributed by atoms with van der Waals surface area (Å²) >= 11 is 3.55. The summed E-state index contributed by atoms with van der Waals surface area (Å²) in [4.78, 5) is 12.7. The molecule has 0 fully saturated rings. The van der Waals surface area contributed by atoms with E-state index in [1.165, 1.54) is 0 Å². The second-order valence-electron chi connectivity index (χ2n) is 6.88. The molecule has 1 unspecified atom stereocenters. The van der Waals surface area contributed by atoms with Crippen LogP contribution in [0.15, 0.2) is 34.9 Å². The lowest BCUT2D eigenvalue weighted by Gasteiger charge is -2.14. The second-order valence-corrected chi connectivity index (χ2v) is 7.67. The van der Waals surface area contributed by atoms with Gasteiger partial charge in [-0.25, -0.2) is 0 Å². The number of nitrogens with zero attached hydrogens (tertiary/aromatic N) is 4. The average molecular weight is 430 g/mol. The quantitative estimate of drug-likeness (QED) is 0.669. The van der Waals surface area contributed by atoms with Gasteiger partial charge in [0.1, 0.15) is 0 Å². The van der Waals surface area contributed by atoms with Gasteiger partial charge in [-0.3, -0.25) is 14.2 Å². The lowest BCUT2D eigenvalue weighted by molar-refractivity contribution is 0.0939. The van der Waals surface area contributed by atoms with E-state index in [2.05, 4.69) is 31.4 Å². The molecule has 3 aromatic rings.